The zero-order valence-electron chi connectivity index (χ0n) is 15.4. The van der Waals surface area contributed by atoms with E-state index in [1.807, 2.05) is 18.5 Å². The number of aliphatic imine (C=N–C) groups is 1. The number of fused-ring (bicyclic) bond motifs is 1. The number of hydrogen-bond donors (Lipinski definition) is 2. The van der Waals surface area contributed by atoms with Gasteiger partial charge in [0.05, 0.1) is 6.54 Å². The Morgan fingerprint density at radius 1 is 1.15 bits per heavy atom. The summed E-state index contributed by atoms with van der Waals surface area (Å²) in [5, 5.41) is 16.1. The van der Waals surface area contributed by atoms with Gasteiger partial charge in [-0.2, -0.15) is 0 Å². The number of hydrogen-bond acceptors (Lipinski definition) is 3. The van der Waals surface area contributed by atoms with Gasteiger partial charge in [0.1, 0.15) is 5.82 Å². The maximum Gasteiger partial charge on any atom is 0.191 e. The third kappa shape index (κ3) is 4.75. The van der Waals surface area contributed by atoms with E-state index in [1.54, 1.807) is 7.05 Å². The van der Waals surface area contributed by atoms with Gasteiger partial charge in [-0.05, 0) is 30.9 Å². The Balaban J connectivity index is 0.00000243. The Morgan fingerprint density at radius 3 is 2.69 bits per heavy atom. The molecule has 0 amide bonds. The van der Waals surface area contributed by atoms with Gasteiger partial charge in [-0.1, -0.05) is 18.2 Å². The fraction of sp³-hybridized carbons (Fsp3) is 0.389. The number of nitrogens with zero attached hydrogens (tertiary/aromatic N) is 5. The van der Waals surface area contributed by atoms with E-state index in [0.29, 0.717) is 6.54 Å². The number of guanidine groups is 1. The second kappa shape index (κ2) is 9.56. The van der Waals surface area contributed by atoms with Crippen LogP contribution >= 0.6 is 24.0 Å². The van der Waals surface area contributed by atoms with Gasteiger partial charge < -0.3 is 19.8 Å². The van der Waals surface area contributed by atoms with Crippen LogP contribution in [0.5, 0.6) is 0 Å². The summed E-state index contributed by atoms with van der Waals surface area (Å²) in [5.74, 6) is 2.57. The van der Waals surface area contributed by atoms with Crippen LogP contribution < -0.4 is 10.6 Å². The second-order valence-corrected chi connectivity index (χ2v) is 6.00. The van der Waals surface area contributed by atoms with E-state index in [2.05, 4.69) is 66.9 Å². The Labute approximate surface area is 170 Å². The third-order valence-corrected chi connectivity index (χ3v) is 4.37. The molecule has 0 saturated heterocycles. The molecule has 3 aromatic rings. The van der Waals surface area contributed by atoms with Gasteiger partial charge in [0.2, 0.25) is 0 Å². The largest absolute Gasteiger partial charge is 0.356 e. The van der Waals surface area contributed by atoms with Crippen LogP contribution in [0.15, 0.2) is 41.5 Å². The molecular formula is C18H26IN7. The van der Waals surface area contributed by atoms with Crippen LogP contribution in [-0.4, -0.2) is 38.9 Å². The van der Waals surface area contributed by atoms with E-state index < -0.39 is 0 Å². The molecule has 7 nitrogen and oxygen atoms in total. The minimum Gasteiger partial charge on any atom is -0.356 e. The molecule has 2 heterocycles. The molecule has 140 valence electrons. The van der Waals surface area contributed by atoms with Crippen molar-refractivity contribution in [3.8, 4) is 0 Å². The molecule has 3 rings (SSSR count). The van der Waals surface area contributed by atoms with E-state index in [9.17, 15) is 0 Å². The number of halogens is 1. The van der Waals surface area contributed by atoms with E-state index in [4.69, 9.17) is 0 Å². The smallest absolute Gasteiger partial charge is 0.191 e. The highest BCUT2D eigenvalue weighted by Crippen LogP contribution is 2.15. The first-order chi connectivity index (χ1) is 12.2. The van der Waals surface area contributed by atoms with E-state index in [-0.39, 0.29) is 24.0 Å². The van der Waals surface area contributed by atoms with Gasteiger partial charge in [-0.3, -0.25) is 4.99 Å². The van der Waals surface area contributed by atoms with E-state index in [0.717, 1.165) is 37.1 Å². The lowest BCUT2D eigenvalue weighted by molar-refractivity contribution is 0.637. The lowest BCUT2D eigenvalue weighted by atomic mass is 10.2. The summed E-state index contributed by atoms with van der Waals surface area (Å²) in [7, 11) is 3.74. The molecule has 0 atom stereocenters. The highest BCUT2D eigenvalue weighted by molar-refractivity contribution is 14.0. The molecule has 0 fully saturated rings. The van der Waals surface area contributed by atoms with Crippen molar-refractivity contribution >= 4 is 40.8 Å². The maximum atomic E-state index is 4.25. The molecule has 0 spiro atoms. The van der Waals surface area contributed by atoms with Crippen LogP contribution in [0.25, 0.3) is 10.9 Å². The first-order valence-corrected chi connectivity index (χ1v) is 8.52. The summed E-state index contributed by atoms with van der Waals surface area (Å²) in [6.07, 6.45) is 3.16. The van der Waals surface area contributed by atoms with Crippen molar-refractivity contribution in [2.24, 2.45) is 12.0 Å². The molecule has 0 bridgehead atoms. The summed E-state index contributed by atoms with van der Waals surface area (Å²) in [6, 6.07) is 10.6. The van der Waals surface area contributed by atoms with Crippen molar-refractivity contribution in [3.05, 3.63) is 48.2 Å². The van der Waals surface area contributed by atoms with Gasteiger partial charge in [0.15, 0.2) is 11.8 Å². The molecule has 0 radical (unpaired) electrons. The molecule has 2 aromatic heterocycles. The standard InChI is InChI=1S/C18H25N7.HI/c1-14-22-23-17(24(14)3)13-21-18(19-2)20-10-6-11-25-12-9-15-7-4-5-8-16(15)25;/h4-5,7-9,12H,6,10-11,13H2,1-3H3,(H2,19,20,21);1H. The van der Waals surface area contributed by atoms with Crippen molar-refractivity contribution in [1.82, 2.24) is 30.0 Å². The van der Waals surface area contributed by atoms with E-state index >= 15 is 0 Å². The molecule has 0 saturated carbocycles. The average molecular weight is 467 g/mol. The van der Waals surface area contributed by atoms with Gasteiger partial charge >= 0.3 is 0 Å². The fourth-order valence-corrected chi connectivity index (χ4v) is 2.78. The van der Waals surface area contributed by atoms with Crippen molar-refractivity contribution in [1.29, 1.82) is 0 Å². The lowest BCUT2D eigenvalue weighted by Gasteiger charge is -2.12. The van der Waals surface area contributed by atoms with Crippen LogP contribution in [0, 0.1) is 6.92 Å². The summed E-state index contributed by atoms with van der Waals surface area (Å²) < 4.78 is 4.26. The molecule has 0 unspecified atom stereocenters. The van der Waals surface area contributed by atoms with Gasteiger partial charge in [-0.15, -0.1) is 34.2 Å². The minimum absolute atomic E-state index is 0. The van der Waals surface area contributed by atoms with Crippen LogP contribution in [0.4, 0.5) is 0 Å². The number of aromatic nitrogens is 4. The van der Waals surface area contributed by atoms with Gasteiger partial charge in [0, 0.05) is 38.9 Å². The van der Waals surface area contributed by atoms with Crippen LogP contribution in [0.2, 0.25) is 0 Å². The molecule has 2 N–H and O–H groups in total. The molecule has 8 heteroatoms. The lowest BCUT2D eigenvalue weighted by Crippen LogP contribution is -2.38. The number of aryl methyl sites for hydroxylation is 2. The Kier molecular flexibility index (Phi) is 7.43. The predicted octanol–water partition coefficient (Wildman–Crippen LogP) is 2.45. The van der Waals surface area contributed by atoms with Crippen molar-refractivity contribution in [3.63, 3.8) is 0 Å². The molecule has 0 aliphatic carbocycles. The summed E-state index contributed by atoms with van der Waals surface area (Å²) in [5.41, 5.74) is 1.28. The maximum absolute atomic E-state index is 4.25. The number of nitrogens with one attached hydrogen (secondary N) is 2. The van der Waals surface area contributed by atoms with Gasteiger partial charge in [0.25, 0.3) is 0 Å². The third-order valence-electron chi connectivity index (χ3n) is 4.37. The number of benzene rings is 1. The van der Waals surface area contributed by atoms with E-state index in [1.165, 1.54) is 10.9 Å². The molecule has 26 heavy (non-hydrogen) atoms. The zero-order valence-corrected chi connectivity index (χ0v) is 17.8. The molecule has 0 aliphatic heterocycles. The van der Waals surface area contributed by atoms with Gasteiger partial charge in [-0.25, -0.2) is 0 Å². The van der Waals surface area contributed by atoms with Crippen LogP contribution in [-0.2, 0) is 20.1 Å². The number of rotatable bonds is 6. The monoisotopic (exact) mass is 467 g/mol. The Morgan fingerprint density at radius 2 is 1.96 bits per heavy atom. The second-order valence-electron chi connectivity index (χ2n) is 6.00. The van der Waals surface area contributed by atoms with Crippen LogP contribution in [0.3, 0.4) is 0 Å². The Bertz CT molecular complexity index is 865. The summed E-state index contributed by atoms with van der Waals surface area (Å²) in [6.45, 7) is 4.36. The van der Waals surface area contributed by atoms with Crippen LogP contribution in [0.1, 0.15) is 18.1 Å². The minimum atomic E-state index is 0. The molecular weight excluding hydrogens is 441 g/mol. The SMILES string of the molecule is CN=C(NCCCn1ccc2ccccc21)NCc1nnc(C)n1C.I. The van der Waals surface area contributed by atoms with Crippen molar-refractivity contribution in [2.45, 2.75) is 26.4 Å². The fourth-order valence-electron chi connectivity index (χ4n) is 2.78. The predicted molar refractivity (Wildman–Crippen MR) is 116 cm³/mol. The Hall–Kier alpha value is -2.10. The normalized spacial score (nSPS) is 11.4. The zero-order chi connectivity index (χ0) is 17.6. The van der Waals surface area contributed by atoms with Crippen molar-refractivity contribution in [2.75, 3.05) is 13.6 Å². The highest BCUT2D eigenvalue weighted by atomic mass is 127. The number of para-hydroxylation sites is 1. The summed E-state index contributed by atoms with van der Waals surface area (Å²) >= 11 is 0. The van der Waals surface area contributed by atoms with Crippen molar-refractivity contribution < 1.29 is 0 Å². The first-order valence-electron chi connectivity index (χ1n) is 8.52. The quantitative estimate of drug-likeness (QED) is 0.253. The molecule has 1 aromatic carbocycles. The highest BCUT2D eigenvalue weighted by Gasteiger charge is 2.06. The summed E-state index contributed by atoms with van der Waals surface area (Å²) in [4.78, 5) is 4.25. The topological polar surface area (TPSA) is 72.1 Å². The molecule has 0 aliphatic rings. The average Bonchev–Trinajstić information content (AvgIpc) is 3.19. The first kappa shape index (κ1) is 20.2.